The number of amides is 1. The van der Waals surface area contributed by atoms with E-state index >= 15 is 0 Å². The molecule has 0 aliphatic heterocycles. The van der Waals surface area contributed by atoms with Crippen LogP contribution >= 0.6 is 0 Å². The molecule has 4 nitrogen and oxygen atoms in total. The molecular formula is C12H10N2O2. The molecule has 0 fully saturated rings. The van der Waals surface area contributed by atoms with E-state index in [2.05, 4.69) is 16.9 Å². The molecule has 1 aromatic carbocycles. The zero-order valence-corrected chi connectivity index (χ0v) is 8.49. The number of aromatic amines is 1. The van der Waals surface area contributed by atoms with Gasteiger partial charge in [0.25, 0.3) is 5.56 Å². The highest BCUT2D eigenvalue weighted by molar-refractivity contribution is 5.83. The van der Waals surface area contributed by atoms with Crippen LogP contribution in [0, 0.1) is 0 Å². The van der Waals surface area contributed by atoms with E-state index in [-0.39, 0.29) is 5.56 Å². The third-order valence-electron chi connectivity index (χ3n) is 2.31. The summed E-state index contributed by atoms with van der Waals surface area (Å²) in [6.45, 7) is 3.62. The summed E-state index contributed by atoms with van der Waals surface area (Å²) in [6.07, 6.45) is 0.497. The van der Waals surface area contributed by atoms with Gasteiger partial charge in [-0.25, -0.2) is 0 Å². The third kappa shape index (κ3) is 1.72. The summed E-state index contributed by atoms with van der Waals surface area (Å²) in [4.78, 5) is 24.7. The van der Waals surface area contributed by atoms with E-state index in [0.29, 0.717) is 17.7 Å². The van der Waals surface area contributed by atoms with E-state index in [9.17, 15) is 9.59 Å². The van der Waals surface area contributed by atoms with Gasteiger partial charge in [-0.3, -0.25) is 9.59 Å². The van der Waals surface area contributed by atoms with Crippen molar-refractivity contribution in [2.45, 2.75) is 0 Å². The summed E-state index contributed by atoms with van der Waals surface area (Å²) < 4.78 is 0. The van der Waals surface area contributed by atoms with Crippen LogP contribution < -0.4 is 10.9 Å². The summed E-state index contributed by atoms with van der Waals surface area (Å²) in [5.74, 6) is 0. The number of carbonyl (C=O) groups is 1. The molecule has 0 aliphatic rings. The quantitative estimate of drug-likeness (QED) is 0.755. The van der Waals surface area contributed by atoms with Gasteiger partial charge in [0.2, 0.25) is 6.41 Å². The Hall–Kier alpha value is -2.36. The molecule has 0 unspecified atom stereocenters. The lowest BCUT2D eigenvalue weighted by Gasteiger charge is -2.04. The van der Waals surface area contributed by atoms with E-state index in [1.807, 2.05) is 24.3 Å². The molecule has 1 amide bonds. The summed E-state index contributed by atoms with van der Waals surface area (Å²) >= 11 is 0. The average molecular weight is 214 g/mol. The Morgan fingerprint density at radius 1 is 1.38 bits per heavy atom. The molecule has 0 saturated carbocycles. The highest BCUT2D eigenvalue weighted by Crippen LogP contribution is 2.12. The molecule has 0 atom stereocenters. The van der Waals surface area contributed by atoms with E-state index in [1.54, 1.807) is 6.07 Å². The number of pyridine rings is 1. The zero-order chi connectivity index (χ0) is 11.5. The van der Waals surface area contributed by atoms with Crippen molar-refractivity contribution in [2.24, 2.45) is 0 Å². The topological polar surface area (TPSA) is 62.0 Å². The number of benzene rings is 1. The lowest BCUT2D eigenvalue weighted by molar-refractivity contribution is -0.108. The fourth-order valence-electron chi connectivity index (χ4n) is 1.52. The minimum Gasteiger partial charge on any atom is -0.328 e. The number of nitrogens with one attached hydrogen (secondary N) is 2. The maximum Gasteiger partial charge on any atom is 0.257 e. The lowest BCUT2D eigenvalue weighted by atomic mass is 10.1. The fourth-order valence-corrected chi connectivity index (χ4v) is 1.52. The SMILES string of the molecule is C=C(NC=O)c1cc2ccccc2[nH]c1=O. The average Bonchev–Trinajstić information content (AvgIpc) is 2.28. The second-order valence-electron chi connectivity index (χ2n) is 3.34. The molecule has 4 heteroatoms. The normalized spacial score (nSPS) is 10.0. The summed E-state index contributed by atoms with van der Waals surface area (Å²) in [7, 11) is 0. The maximum absolute atomic E-state index is 11.7. The van der Waals surface area contributed by atoms with Crippen molar-refractivity contribution >= 4 is 23.0 Å². The molecular weight excluding hydrogens is 204 g/mol. The Bertz CT molecular complexity index is 614. The van der Waals surface area contributed by atoms with Crippen LogP contribution in [-0.4, -0.2) is 11.4 Å². The Morgan fingerprint density at radius 3 is 2.88 bits per heavy atom. The number of para-hydroxylation sites is 1. The zero-order valence-electron chi connectivity index (χ0n) is 8.49. The maximum atomic E-state index is 11.7. The molecule has 1 heterocycles. The number of fused-ring (bicyclic) bond motifs is 1. The lowest BCUT2D eigenvalue weighted by Crippen LogP contribution is -2.18. The van der Waals surface area contributed by atoms with Gasteiger partial charge in [-0.1, -0.05) is 24.8 Å². The van der Waals surface area contributed by atoms with E-state index in [4.69, 9.17) is 0 Å². The summed E-state index contributed by atoms with van der Waals surface area (Å²) in [5.41, 5.74) is 1.15. The van der Waals surface area contributed by atoms with Crippen molar-refractivity contribution in [3.05, 3.63) is 52.8 Å². The molecule has 2 aromatic rings. The molecule has 1 aromatic heterocycles. The van der Waals surface area contributed by atoms with Crippen LogP contribution in [0.4, 0.5) is 0 Å². The predicted molar refractivity (Wildman–Crippen MR) is 62.8 cm³/mol. The number of carbonyl (C=O) groups excluding carboxylic acids is 1. The van der Waals surface area contributed by atoms with Gasteiger partial charge in [-0.05, 0) is 17.5 Å². The van der Waals surface area contributed by atoms with Gasteiger partial charge >= 0.3 is 0 Å². The first-order valence-electron chi connectivity index (χ1n) is 4.74. The van der Waals surface area contributed by atoms with Crippen LogP contribution in [0.25, 0.3) is 16.6 Å². The number of aromatic nitrogens is 1. The summed E-state index contributed by atoms with van der Waals surface area (Å²) in [6, 6.07) is 9.11. The Morgan fingerprint density at radius 2 is 2.12 bits per heavy atom. The van der Waals surface area contributed by atoms with Crippen LogP contribution in [0.3, 0.4) is 0 Å². The minimum absolute atomic E-state index is 0.266. The molecule has 0 saturated heterocycles. The van der Waals surface area contributed by atoms with Crippen molar-refractivity contribution in [2.75, 3.05) is 0 Å². The Labute approximate surface area is 91.6 Å². The smallest absolute Gasteiger partial charge is 0.257 e. The number of hydrogen-bond acceptors (Lipinski definition) is 2. The first-order chi connectivity index (χ1) is 7.72. The molecule has 0 aliphatic carbocycles. The number of hydrogen-bond donors (Lipinski definition) is 2. The first kappa shape index (κ1) is 10.2. The van der Waals surface area contributed by atoms with E-state index in [1.165, 1.54) is 0 Å². The van der Waals surface area contributed by atoms with Crippen molar-refractivity contribution in [1.82, 2.24) is 10.3 Å². The predicted octanol–water partition coefficient (Wildman–Crippen LogP) is 1.24. The van der Waals surface area contributed by atoms with Crippen molar-refractivity contribution in [3.63, 3.8) is 0 Å². The van der Waals surface area contributed by atoms with Crippen LogP contribution in [0.2, 0.25) is 0 Å². The van der Waals surface area contributed by atoms with Gasteiger partial charge in [0.05, 0.1) is 5.56 Å². The van der Waals surface area contributed by atoms with Crippen LogP contribution in [-0.2, 0) is 4.79 Å². The van der Waals surface area contributed by atoms with Gasteiger partial charge in [0.15, 0.2) is 0 Å². The number of rotatable bonds is 3. The standard InChI is InChI=1S/C12H10N2O2/c1-8(13-7-15)10-6-9-4-2-3-5-11(9)14-12(10)16/h2-7H,1H2,(H,13,15)(H,14,16). The van der Waals surface area contributed by atoms with Crippen molar-refractivity contribution < 1.29 is 4.79 Å². The minimum atomic E-state index is -0.266. The van der Waals surface area contributed by atoms with Crippen LogP contribution in [0.5, 0.6) is 0 Å². The molecule has 0 bridgehead atoms. The monoisotopic (exact) mass is 214 g/mol. The Kier molecular flexibility index (Phi) is 2.55. The molecule has 0 spiro atoms. The fraction of sp³-hybridized carbons (Fsp3) is 0. The summed E-state index contributed by atoms with van der Waals surface area (Å²) in [5, 5.41) is 3.27. The van der Waals surface area contributed by atoms with Gasteiger partial charge < -0.3 is 10.3 Å². The second kappa shape index (κ2) is 4.02. The van der Waals surface area contributed by atoms with Gasteiger partial charge in [0.1, 0.15) is 0 Å². The van der Waals surface area contributed by atoms with Gasteiger partial charge in [-0.2, -0.15) is 0 Å². The van der Waals surface area contributed by atoms with Crippen molar-refractivity contribution in [3.8, 4) is 0 Å². The third-order valence-corrected chi connectivity index (χ3v) is 2.31. The second-order valence-corrected chi connectivity index (χ2v) is 3.34. The highest BCUT2D eigenvalue weighted by atomic mass is 16.1. The van der Waals surface area contributed by atoms with Crippen molar-refractivity contribution in [1.29, 1.82) is 0 Å². The number of H-pyrrole nitrogens is 1. The highest BCUT2D eigenvalue weighted by Gasteiger charge is 2.05. The van der Waals surface area contributed by atoms with Gasteiger partial charge in [0, 0.05) is 11.2 Å². The Balaban J connectivity index is 2.63. The van der Waals surface area contributed by atoms with Gasteiger partial charge in [-0.15, -0.1) is 0 Å². The molecule has 0 radical (unpaired) electrons. The first-order valence-corrected chi connectivity index (χ1v) is 4.74. The largest absolute Gasteiger partial charge is 0.328 e. The molecule has 16 heavy (non-hydrogen) atoms. The van der Waals surface area contributed by atoms with E-state index < -0.39 is 0 Å². The van der Waals surface area contributed by atoms with E-state index in [0.717, 1.165) is 10.9 Å². The van der Waals surface area contributed by atoms with Crippen LogP contribution in [0.15, 0.2) is 41.7 Å². The molecule has 80 valence electrons. The van der Waals surface area contributed by atoms with Crippen LogP contribution in [0.1, 0.15) is 5.56 Å². The molecule has 2 N–H and O–H groups in total. The molecule has 2 rings (SSSR count).